The van der Waals surface area contributed by atoms with Gasteiger partial charge in [0.25, 0.3) is 0 Å². The maximum Gasteiger partial charge on any atom is 0.451 e. The maximum atomic E-state index is 13.1. The Morgan fingerprint density at radius 1 is 1.15 bits per heavy atom. The van der Waals surface area contributed by atoms with Gasteiger partial charge in [-0.1, -0.05) is 0 Å². The normalized spacial score (nSPS) is 13.4. The van der Waals surface area contributed by atoms with E-state index < -0.39 is 40.9 Å². The van der Waals surface area contributed by atoms with E-state index in [-0.39, 0.29) is 0 Å². The number of hydrogen-bond donors (Lipinski definition) is 2. The molecule has 2 N–H and O–H groups in total. The Morgan fingerprint density at radius 3 is 2.20 bits per heavy atom. The van der Waals surface area contributed by atoms with Crippen LogP contribution in [0, 0.1) is 11.6 Å². The Bertz CT molecular complexity index is 595. The fourth-order valence-corrected chi connectivity index (χ4v) is 0.992. The summed E-state index contributed by atoms with van der Waals surface area (Å²) in [4.78, 5) is 10.5. The number of allylic oxidation sites excluding steroid dienone is 1. The van der Waals surface area contributed by atoms with Crippen molar-refractivity contribution >= 4 is 11.7 Å². The Balaban J connectivity index is 3.21. The number of nitrogens with zero attached hydrogens (tertiary/aromatic N) is 2. The number of rotatable bonds is 3. The third kappa shape index (κ3) is 3.73. The zero-order valence-electron chi connectivity index (χ0n) is 9.32. The number of hydrogen-bond acceptors (Lipinski definition) is 4. The predicted octanol–water partition coefficient (Wildman–Crippen LogP) is 3.47. The van der Waals surface area contributed by atoms with E-state index in [9.17, 15) is 26.7 Å². The third-order valence-corrected chi connectivity index (χ3v) is 1.86. The Morgan fingerprint density at radius 2 is 1.75 bits per heavy atom. The molecule has 5 nitrogen and oxygen atoms in total. The van der Waals surface area contributed by atoms with Crippen molar-refractivity contribution in [3.8, 4) is 0 Å². The average Bonchev–Trinajstić information content (AvgIpc) is 2.30. The zero-order valence-corrected chi connectivity index (χ0v) is 9.32. The number of aliphatic hydroxyl groups excluding tert-OH is 1. The van der Waals surface area contributed by atoms with Crippen LogP contribution in [0.2, 0.25) is 0 Å². The van der Waals surface area contributed by atoms with E-state index in [1.54, 1.807) is 0 Å². The molecule has 1 aromatic rings. The minimum absolute atomic E-state index is 0.377. The van der Waals surface area contributed by atoms with Crippen LogP contribution in [-0.4, -0.2) is 22.4 Å². The minimum Gasteiger partial charge on any atom is -0.502 e. The SMILES string of the molecule is O=C(O)C(N=Nc1ccc(F)cc1F)=C(O)C(F)(F)F. The second kappa shape index (κ2) is 5.63. The molecule has 1 aromatic carbocycles. The van der Waals surface area contributed by atoms with Crippen LogP contribution >= 0.6 is 0 Å². The summed E-state index contributed by atoms with van der Waals surface area (Å²) in [6, 6.07) is 1.85. The lowest BCUT2D eigenvalue weighted by Gasteiger charge is -2.05. The van der Waals surface area contributed by atoms with E-state index in [0.29, 0.717) is 6.07 Å². The molecule has 0 heterocycles. The van der Waals surface area contributed by atoms with Gasteiger partial charge in [-0.2, -0.15) is 13.2 Å². The second-order valence-corrected chi connectivity index (χ2v) is 3.30. The number of halogens is 5. The van der Waals surface area contributed by atoms with Crippen molar-refractivity contribution in [2.24, 2.45) is 10.2 Å². The van der Waals surface area contributed by atoms with Gasteiger partial charge in [-0.3, -0.25) is 0 Å². The molecule has 0 bridgehead atoms. The molecule has 0 amide bonds. The summed E-state index contributed by atoms with van der Waals surface area (Å²) in [5.74, 6) is -6.93. The summed E-state index contributed by atoms with van der Waals surface area (Å²) < 4.78 is 62.0. The number of alkyl halides is 3. The molecule has 0 atom stereocenters. The van der Waals surface area contributed by atoms with Gasteiger partial charge in [-0.25, -0.2) is 13.6 Å². The maximum absolute atomic E-state index is 13.1. The van der Waals surface area contributed by atoms with Gasteiger partial charge in [0.1, 0.15) is 11.5 Å². The highest BCUT2D eigenvalue weighted by Crippen LogP contribution is 2.28. The standard InChI is InChI=1S/C10H5F5N2O3/c11-4-1-2-6(5(12)3-4)16-17-7(9(19)20)8(18)10(13,14)15/h1-3,18H,(H,19,20). The summed E-state index contributed by atoms with van der Waals surface area (Å²) in [5.41, 5.74) is -2.51. The lowest BCUT2D eigenvalue weighted by atomic mass is 10.3. The van der Waals surface area contributed by atoms with Gasteiger partial charge in [0, 0.05) is 6.07 Å². The lowest BCUT2D eigenvalue weighted by Crippen LogP contribution is -2.16. The quantitative estimate of drug-likeness (QED) is 0.388. The molecule has 0 aliphatic heterocycles. The van der Waals surface area contributed by atoms with Crippen LogP contribution in [-0.2, 0) is 4.79 Å². The van der Waals surface area contributed by atoms with Crippen LogP contribution < -0.4 is 0 Å². The van der Waals surface area contributed by atoms with Crippen LogP contribution in [0.4, 0.5) is 27.6 Å². The number of aliphatic hydroxyl groups is 1. The monoisotopic (exact) mass is 296 g/mol. The lowest BCUT2D eigenvalue weighted by molar-refractivity contribution is -0.138. The molecule has 10 heteroatoms. The predicted molar refractivity (Wildman–Crippen MR) is 54.2 cm³/mol. The molecule has 0 fully saturated rings. The van der Waals surface area contributed by atoms with Crippen molar-refractivity contribution in [2.45, 2.75) is 6.18 Å². The molecule has 20 heavy (non-hydrogen) atoms. The van der Waals surface area contributed by atoms with E-state index in [1.165, 1.54) is 0 Å². The molecular formula is C10H5F5N2O3. The summed E-state index contributed by atoms with van der Waals surface area (Å²) in [5, 5.41) is 22.7. The summed E-state index contributed by atoms with van der Waals surface area (Å²) in [6.07, 6.45) is -5.35. The fourth-order valence-electron chi connectivity index (χ4n) is 0.992. The first-order valence-electron chi connectivity index (χ1n) is 4.73. The number of benzene rings is 1. The Labute approximate surface area is 107 Å². The largest absolute Gasteiger partial charge is 0.502 e. The smallest absolute Gasteiger partial charge is 0.451 e. The van der Waals surface area contributed by atoms with Crippen LogP contribution in [0.15, 0.2) is 39.9 Å². The van der Waals surface area contributed by atoms with Gasteiger partial charge in [-0.15, -0.1) is 10.2 Å². The van der Waals surface area contributed by atoms with E-state index in [2.05, 4.69) is 10.2 Å². The summed E-state index contributed by atoms with van der Waals surface area (Å²) in [6.45, 7) is 0. The second-order valence-electron chi connectivity index (χ2n) is 3.30. The van der Waals surface area contributed by atoms with Gasteiger partial charge in [0.05, 0.1) is 0 Å². The number of aliphatic carboxylic acids is 1. The average molecular weight is 296 g/mol. The molecule has 0 unspecified atom stereocenters. The molecule has 0 aliphatic rings. The van der Waals surface area contributed by atoms with Crippen LogP contribution in [0.25, 0.3) is 0 Å². The molecule has 0 radical (unpaired) electrons. The highest BCUT2D eigenvalue weighted by Gasteiger charge is 2.39. The first kappa shape index (κ1) is 15.5. The highest BCUT2D eigenvalue weighted by atomic mass is 19.4. The molecule has 0 aromatic heterocycles. The molecule has 108 valence electrons. The van der Waals surface area contributed by atoms with E-state index in [1.807, 2.05) is 0 Å². The molecule has 0 saturated heterocycles. The molecule has 0 saturated carbocycles. The van der Waals surface area contributed by atoms with Crippen molar-refractivity contribution in [2.75, 3.05) is 0 Å². The van der Waals surface area contributed by atoms with Crippen molar-refractivity contribution < 1.29 is 37.0 Å². The van der Waals surface area contributed by atoms with Crippen LogP contribution in [0.1, 0.15) is 0 Å². The first-order valence-corrected chi connectivity index (χ1v) is 4.73. The molecular weight excluding hydrogens is 291 g/mol. The topological polar surface area (TPSA) is 82.2 Å². The summed E-state index contributed by atoms with van der Waals surface area (Å²) >= 11 is 0. The number of azo groups is 1. The van der Waals surface area contributed by atoms with Gasteiger partial charge in [0.15, 0.2) is 5.82 Å². The van der Waals surface area contributed by atoms with Crippen molar-refractivity contribution in [3.63, 3.8) is 0 Å². The van der Waals surface area contributed by atoms with Crippen LogP contribution in [0.5, 0.6) is 0 Å². The van der Waals surface area contributed by atoms with Gasteiger partial charge >= 0.3 is 12.1 Å². The first-order chi connectivity index (χ1) is 9.12. The zero-order chi connectivity index (χ0) is 15.5. The van der Waals surface area contributed by atoms with Crippen LogP contribution in [0.3, 0.4) is 0 Å². The Hall–Kier alpha value is -2.52. The van der Waals surface area contributed by atoms with Crippen molar-refractivity contribution in [3.05, 3.63) is 41.3 Å². The number of carboxylic acid groups (broad SMARTS) is 1. The van der Waals surface area contributed by atoms with E-state index in [0.717, 1.165) is 12.1 Å². The van der Waals surface area contributed by atoms with Crippen molar-refractivity contribution in [1.29, 1.82) is 0 Å². The van der Waals surface area contributed by atoms with Gasteiger partial charge in [-0.05, 0) is 12.1 Å². The number of carbonyl (C=O) groups is 1. The Kier molecular flexibility index (Phi) is 4.38. The van der Waals surface area contributed by atoms with E-state index >= 15 is 0 Å². The van der Waals surface area contributed by atoms with Gasteiger partial charge < -0.3 is 10.2 Å². The minimum atomic E-state index is -5.35. The van der Waals surface area contributed by atoms with Crippen molar-refractivity contribution in [1.82, 2.24) is 0 Å². The molecule has 0 aliphatic carbocycles. The fraction of sp³-hybridized carbons (Fsp3) is 0.100. The molecule has 0 spiro atoms. The number of carboxylic acids is 1. The molecule has 1 rings (SSSR count). The summed E-state index contributed by atoms with van der Waals surface area (Å²) in [7, 11) is 0. The third-order valence-electron chi connectivity index (χ3n) is 1.86. The highest BCUT2D eigenvalue weighted by molar-refractivity contribution is 5.86. The van der Waals surface area contributed by atoms with Gasteiger partial charge in [0.2, 0.25) is 11.5 Å². The van der Waals surface area contributed by atoms with E-state index in [4.69, 9.17) is 10.2 Å².